The smallest absolute Gasteiger partial charge is 0.321 e. The summed E-state index contributed by atoms with van der Waals surface area (Å²) >= 11 is 0. The maximum Gasteiger partial charge on any atom is 0.321 e. The average Bonchev–Trinajstić information content (AvgIpc) is 2.13. The number of rotatable bonds is 7. The highest BCUT2D eigenvalue weighted by Gasteiger charge is 2.30. The van der Waals surface area contributed by atoms with Crippen molar-refractivity contribution >= 4 is 16.0 Å². The first-order valence-electron chi connectivity index (χ1n) is 4.95. The standard InChI is InChI=1S/C9H19NO5S/c1-6(2)8(9(11)12)10-16(13,14)7(3)5-15-4/h6-8,10H,5H2,1-4H3,(H,11,12)/t7?,8-/m0/s1. The summed E-state index contributed by atoms with van der Waals surface area (Å²) in [5, 5.41) is 8.08. The van der Waals surface area contributed by atoms with Crippen molar-refractivity contribution in [1.82, 2.24) is 4.72 Å². The number of hydrogen-bond donors (Lipinski definition) is 2. The SMILES string of the molecule is COCC(C)S(=O)(=O)N[C@H](C(=O)O)C(C)C. The van der Waals surface area contributed by atoms with Gasteiger partial charge in [-0.2, -0.15) is 0 Å². The minimum absolute atomic E-state index is 0.0275. The van der Waals surface area contributed by atoms with Crippen molar-refractivity contribution in [2.45, 2.75) is 32.1 Å². The Morgan fingerprint density at radius 1 is 1.38 bits per heavy atom. The fraction of sp³-hybridized carbons (Fsp3) is 0.889. The summed E-state index contributed by atoms with van der Waals surface area (Å²) < 4.78 is 30.3. The van der Waals surface area contributed by atoms with E-state index >= 15 is 0 Å². The number of hydrogen-bond acceptors (Lipinski definition) is 4. The summed E-state index contributed by atoms with van der Waals surface area (Å²) in [4.78, 5) is 10.8. The van der Waals surface area contributed by atoms with Crippen LogP contribution in [0.15, 0.2) is 0 Å². The van der Waals surface area contributed by atoms with E-state index in [1.807, 2.05) is 0 Å². The molecule has 0 saturated heterocycles. The second-order valence-corrected chi connectivity index (χ2v) is 6.12. The Balaban J connectivity index is 4.73. The third-order valence-corrected chi connectivity index (χ3v) is 3.93. The van der Waals surface area contributed by atoms with Gasteiger partial charge in [0.15, 0.2) is 0 Å². The predicted octanol–water partition coefficient (Wildman–Crippen LogP) is 0.0499. The third kappa shape index (κ3) is 4.46. The maximum atomic E-state index is 11.7. The molecule has 2 atom stereocenters. The van der Waals surface area contributed by atoms with Gasteiger partial charge in [0.2, 0.25) is 10.0 Å². The minimum atomic E-state index is -3.67. The number of aliphatic carboxylic acids is 1. The first-order chi connectivity index (χ1) is 7.22. The van der Waals surface area contributed by atoms with Crippen LogP contribution in [0.2, 0.25) is 0 Å². The van der Waals surface area contributed by atoms with Gasteiger partial charge in [-0.15, -0.1) is 0 Å². The number of methoxy groups -OCH3 is 1. The quantitative estimate of drug-likeness (QED) is 0.668. The van der Waals surface area contributed by atoms with E-state index in [9.17, 15) is 13.2 Å². The Morgan fingerprint density at radius 3 is 2.19 bits per heavy atom. The zero-order valence-corrected chi connectivity index (χ0v) is 10.7. The molecule has 0 amide bonds. The van der Waals surface area contributed by atoms with Gasteiger partial charge in [-0.25, -0.2) is 13.1 Å². The molecule has 6 nitrogen and oxygen atoms in total. The van der Waals surface area contributed by atoms with Crippen LogP contribution in [0, 0.1) is 5.92 Å². The lowest BCUT2D eigenvalue weighted by Crippen LogP contribution is -2.48. The van der Waals surface area contributed by atoms with Crippen molar-refractivity contribution in [3.8, 4) is 0 Å². The number of nitrogens with one attached hydrogen (secondary N) is 1. The van der Waals surface area contributed by atoms with E-state index in [2.05, 4.69) is 4.72 Å². The van der Waals surface area contributed by atoms with Crippen LogP contribution in [-0.4, -0.2) is 44.5 Å². The van der Waals surface area contributed by atoms with E-state index in [0.29, 0.717) is 0 Å². The Labute approximate surface area is 96.0 Å². The van der Waals surface area contributed by atoms with E-state index in [0.717, 1.165) is 0 Å². The summed E-state index contributed by atoms with van der Waals surface area (Å²) in [5.41, 5.74) is 0. The first kappa shape index (κ1) is 15.3. The van der Waals surface area contributed by atoms with E-state index in [-0.39, 0.29) is 12.5 Å². The van der Waals surface area contributed by atoms with Crippen molar-refractivity contribution in [2.24, 2.45) is 5.92 Å². The van der Waals surface area contributed by atoms with E-state index in [4.69, 9.17) is 9.84 Å². The molecule has 0 aliphatic carbocycles. The van der Waals surface area contributed by atoms with E-state index in [1.165, 1.54) is 14.0 Å². The van der Waals surface area contributed by atoms with Crippen LogP contribution in [0.4, 0.5) is 0 Å². The van der Waals surface area contributed by atoms with Crippen molar-refractivity contribution in [1.29, 1.82) is 0 Å². The summed E-state index contributed by atoms with van der Waals surface area (Å²) in [6, 6.07) is -1.11. The number of carboxylic acids is 1. The van der Waals surface area contributed by atoms with Gasteiger partial charge >= 0.3 is 5.97 Å². The fourth-order valence-electron chi connectivity index (χ4n) is 1.09. The number of carbonyl (C=O) groups is 1. The van der Waals surface area contributed by atoms with Gasteiger partial charge in [-0.05, 0) is 12.8 Å². The molecular formula is C9H19NO5S. The summed E-state index contributed by atoms with van der Waals surface area (Å²) in [7, 11) is -2.28. The monoisotopic (exact) mass is 253 g/mol. The molecule has 96 valence electrons. The van der Waals surface area contributed by atoms with Gasteiger partial charge in [0.1, 0.15) is 6.04 Å². The lowest BCUT2D eigenvalue weighted by atomic mass is 10.1. The molecule has 16 heavy (non-hydrogen) atoms. The molecule has 0 aliphatic rings. The number of ether oxygens (including phenoxy) is 1. The van der Waals surface area contributed by atoms with Gasteiger partial charge < -0.3 is 9.84 Å². The van der Waals surface area contributed by atoms with Crippen LogP contribution in [-0.2, 0) is 19.6 Å². The molecule has 0 aromatic carbocycles. The average molecular weight is 253 g/mol. The molecule has 0 rings (SSSR count). The molecule has 0 saturated carbocycles. The lowest BCUT2D eigenvalue weighted by Gasteiger charge is -2.20. The van der Waals surface area contributed by atoms with Gasteiger partial charge in [-0.3, -0.25) is 4.79 Å². The Hall–Kier alpha value is -0.660. The van der Waals surface area contributed by atoms with Crippen molar-refractivity contribution in [2.75, 3.05) is 13.7 Å². The predicted molar refractivity (Wildman–Crippen MR) is 59.7 cm³/mol. The molecule has 0 heterocycles. The Kier molecular flexibility index (Phi) is 5.91. The molecule has 0 fully saturated rings. The normalized spacial score (nSPS) is 16.1. The molecule has 0 aromatic heterocycles. The Morgan fingerprint density at radius 2 is 1.88 bits per heavy atom. The van der Waals surface area contributed by atoms with Crippen LogP contribution in [0.1, 0.15) is 20.8 Å². The topological polar surface area (TPSA) is 92.7 Å². The highest BCUT2D eigenvalue weighted by Crippen LogP contribution is 2.07. The number of carboxylic acid groups (broad SMARTS) is 1. The number of sulfonamides is 1. The molecule has 0 aliphatic heterocycles. The van der Waals surface area contributed by atoms with Crippen molar-refractivity contribution < 1.29 is 23.1 Å². The van der Waals surface area contributed by atoms with E-state index in [1.54, 1.807) is 13.8 Å². The second kappa shape index (κ2) is 6.17. The zero-order valence-electron chi connectivity index (χ0n) is 9.93. The van der Waals surface area contributed by atoms with Crippen LogP contribution < -0.4 is 4.72 Å². The molecule has 0 aromatic rings. The third-order valence-electron chi connectivity index (χ3n) is 2.16. The Bertz CT molecular complexity index is 325. The summed E-state index contributed by atoms with van der Waals surface area (Å²) in [6.07, 6.45) is 0. The molecular weight excluding hydrogens is 234 g/mol. The molecule has 1 unspecified atom stereocenters. The molecule has 7 heteroatoms. The largest absolute Gasteiger partial charge is 0.480 e. The molecule has 0 bridgehead atoms. The molecule has 2 N–H and O–H groups in total. The first-order valence-corrected chi connectivity index (χ1v) is 6.50. The van der Waals surface area contributed by atoms with Crippen LogP contribution in [0.5, 0.6) is 0 Å². The second-order valence-electron chi connectivity index (χ2n) is 3.99. The summed E-state index contributed by atoms with van der Waals surface area (Å²) in [6.45, 7) is 4.77. The van der Waals surface area contributed by atoms with Crippen molar-refractivity contribution in [3.05, 3.63) is 0 Å². The fourth-order valence-corrected chi connectivity index (χ4v) is 2.36. The minimum Gasteiger partial charge on any atom is -0.480 e. The van der Waals surface area contributed by atoms with Gasteiger partial charge in [-0.1, -0.05) is 13.8 Å². The summed E-state index contributed by atoms with van der Waals surface area (Å²) in [5.74, 6) is -1.50. The molecule has 0 radical (unpaired) electrons. The van der Waals surface area contributed by atoms with Gasteiger partial charge in [0.25, 0.3) is 0 Å². The zero-order chi connectivity index (χ0) is 12.9. The van der Waals surface area contributed by atoms with Crippen molar-refractivity contribution in [3.63, 3.8) is 0 Å². The molecule has 0 spiro atoms. The maximum absolute atomic E-state index is 11.7. The lowest BCUT2D eigenvalue weighted by molar-refractivity contribution is -0.140. The van der Waals surface area contributed by atoms with Crippen LogP contribution in [0.3, 0.4) is 0 Å². The van der Waals surface area contributed by atoms with Gasteiger partial charge in [0.05, 0.1) is 11.9 Å². The van der Waals surface area contributed by atoms with Crippen LogP contribution >= 0.6 is 0 Å². The highest BCUT2D eigenvalue weighted by molar-refractivity contribution is 7.90. The highest BCUT2D eigenvalue weighted by atomic mass is 32.2. The van der Waals surface area contributed by atoms with Gasteiger partial charge in [0, 0.05) is 7.11 Å². The van der Waals surface area contributed by atoms with Crippen LogP contribution in [0.25, 0.3) is 0 Å². The van der Waals surface area contributed by atoms with E-state index < -0.39 is 27.3 Å².